The molecule has 1 saturated heterocycles. The summed E-state index contributed by atoms with van der Waals surface area (Å²) in [6.45, 7) is 3.62. The van der Waals surface area contributed by atoms with Crippen molar-refractivity contribution in [2.45, 2.75) is 29.1 Å². The molecular weight excluding hydrogens is 408 g/mol. The third kappa shape index (κ3) is 4.77. The molecule has 160 valence electrons. The molecule has 0 bridgehead atoms. The molecule has 9 nitrogen and oxygen atoms in total. The summed E-state index contributed by atoms with van der Waals surface area (Å²) < 4.78 is 26.0. The van der Waals surface area contributed by atoms with E-state index in [1.54, 1.807) is 0 Å². The molecule has 0 saturated carbocycles. The number of nitro groups is 1. The maximum atomic E-state index is 13.0. The number of rotatable bonds is 9. The molecule has 0 aromatic heterocycles. The number of nitrogens with zero attached hydrogens (tertiary/aromatic N) is 2. The standard InChI is InChI=1S/C20H24N4O5S/c21-20(25)16-6-1-2-7-19(16)30(28,29)15-8-9-17(18(14-15)24(26)27)22-10-5-13-23-11-3-4-12-23/h1-2,6-9,14,22H,3-5,10-13H2,(H2,21,25). The summed E-state index contributed by atoms with van der Waals surface area (Å²) in [6, 6.07) is 9.21. The molecule has 2 aromatic rings. The van der Waals surface area contributed by atoms with E-state index in [9.17, 15) is 23.3 Å². The first-order chi connectivity index (χ1) is 14.3. The molecule has 1 amide bonds. The zero-order chi connectivity index (χ0) is 21.7. The van der Waals surface area contributed by atoms with E-state index in [-0.39, 0.29) is 26.7 Å². The summed E-state index contributed by atoms with van der Waals surface area (Å²) in [5.74, 6) is -0.889. The van der Waals surface area contributed by atoms with Crippen LogP contribution in [-0.4, -0.2) is 50.3 Å². The van der Waals surface area contributed by atoms with Gasteiger partial charge in [0.2, 0.25) is 15.7 Å². The van der Waals surface area contributed by atoms with E-state index in [0.717, 1.165) is 32.1 Å². The monoisotopic (exact) mass is 432 g/mol. The van der Waals surface area contributed by atoms with Crippen molar-refractivity contribution in [2.75, 3.05) is 31.5 Å². The molecule has 3 rings (SSSR count). The molecule has 30 heavy (non-hydrogen) atoms. The highest BCUT2D eigenvalue weighted by Gasteiger charge is 2.26. The van der Waals surface area contributed by atoms with Gasteiger partial charge in [0, 0.05) is 12.6 Å². The van der Waals surface area contributed by atoms with E-state index in [4.69, 9.17) is 5.73 Å². The van der Waals surface area contributed by atoms with Gasteiger partial charge in [0.25, 0.3) is 5.69 Å². The van der Waals surface area contributed by atoms with Gasteiger partial charge in [-0.05, 0) is 63.2 Å². The number of amides is 1. The van der Waals surface area contributed by atoms with Gasteiger partial charge in [-0.1, -0.05) is 12.1 Å². The Morgan fingerprint density at radius 2 is 1.87 bits per heavy atom. The zero-order valence-corrected chi connectivity index (χ0v) is 17.2. The lowest BCUT2D eigenvalue weighted by Gasteiger charge is -2.15. The maximum absolute atomic E-state index is 13.0. The van der Waals surface area contributed by atoms with E-state index in [1.807, 2.05) is 0 Å². The average Bonchev–Trinajstić information content (AvgIpc) is 3.24. The smallest absolute Gasteiger partial charge is 0.293 e. The second-order valence-corrected chi connectivity index (χ2v) is 9.05. The molecule has 0 atom stereocenters. The molecule has 1 heterocycles. The zero-order valence-electron chi connectivity index (χ0n) is 16.4. The fourth-order valence-electron chi connectivity index (χ4n) is 3.54. The van der Waals surface area contributed by atoms with Gasteiger partial charge in [0.05, 0.1) is 20.3 Å². The number of benzene rings is 2. The van der Waals surface area contributed by atoms with Gasteiger partial charge in [0.15, 0.2) is 0 Å². The lowest BCUT2D eigenvalue weighted by atomic mass is 10.2. The van der Waals surface area contributed by atoms with E-state index in [1.165, 1.54) is 49.2 Å². The molecule has 0 aliphatic carbocycles. The molecule has 3 N–H and O–H groups in total. The Labute approximate surface area is 174 Å². The minimum Gasteiger partial charge on any atom is -0.379 e. The number of hydrogen-bond donors (Lipinski definition) is 2. The summed E-state index contributed by atoms with van der Waals surface area (Å²) in [7, 11) is -4.16. The van der Waals surface area contributed by atoms with Crippen molar-refractivity contribution in [1.29, 1.82) is 0 Å². The summed E-state index contributed by atoms with van der Waals surface area (Å²) >= 11 is 0. The van der Waals surface area contributed by atoms with E-state index >= 15 is 0 Å². The topological polar surface area (TPSA) is 136 Å². The van der Waals surface area contributed by atoms with Crippen LogP contribution in [0.5, 0.6) is 0 Å². The largest absolute Gasteiger partial charge is 0.379 e. The Morgan fingerprint density at radius 1 is 1.17 bits per heavy atom. The van der Waals surface area contributed by atoms with Gasteiger partial charge in [-0.2, -0.15) is 0 Å². The van der Waals surface area contributed by atoms with Crippen molar-refractivity contribution in [3.05, 3.63) is 58.1 Å². The van der Waals surface area contributed by atoms with Crippen molar-refractivity contribution >= 4 is 27.1 Å². The summed E-state index contributed by atoms with van der Waals surface area (Å²) in [5, 5.41) is 14.6. The highest BCUT2D eigenvalue weighted by atomic mass is 32.2. The Morgan fingerprint density at radius 3 is 2.53 bits per heavy atom. The van der Waals surface area contributed by atoms with Gasteiger partial charge in [-0.25, -0.2) is 8.42 Å². The van der Waals surface area contributed by atoms with Crippen molar-refractivity contribution in [2.24, 2.45) is 5.73 Å². The van der Waals surface area contributed by atoms with E-state index in [2.05, 4.69) is 10.2 Å². The van der Waals surface area contributed by atoms with Crippen LogP contribution < -0.4 is 11.1 Å². The number of sulfone groups is 1. The predicted octanol–water partition coefficient (Wildman–Crippen LogP) is 2.42. The van der Waals surface area contributed by atoms with Crippen molar-refractivity contribution in [3.8, 4) is 0 Å². The Hall–Kier alpha value is -2.98. The third-order valence-electron chi connectivity index (χ3n) is 5.08. The molecule has 1 fully saturated rings. The quantitative estimate of drug-likeness (QED) is 0.353. The fraction of sp³-hybridized carbons (Fsp3) is 0.350. The molecule has 1 aliphatic heterocycles. The normalized spacial score (nSPS) is 14.5. The molecule has 0 unspecified atom stereocenters. The predicted molar refractivity (Wildman–Crippen MR) is 112 cm³/mol. The van der Waals surface area contributed by atoms with Gasteiger partial charge in [-0.15, -0.1) is 0 Å². The number of carbonyl (C=O) groups excluding carboxylic acids is 1. The first-order valence-electron chi connectivity index (χ1n) is 9.69. The van der Waals surface area contributed by atoms with Crippen LogP contribution in [0, 0.1) is 10.1 Å². The van der Waals surface area contributed by atoms with Crippen molar-refractivity contribution < 1.29 is 18.1 Å². The van der Waals surface area contributed by atoms with E-state index in [0.29, 0.717) is 6.54 Å². The Bertz CT molecular complexity index is 1050. The van der Waals surface area contributed by atoms with Crippen molar-refractivity contribution in [3.63, 3.8) is 0 Å². The molecule has 0 spiro atoms. The van der Waals surface area contributed by atoms with Crippen LogP contribution in [0.4, 0.5) is 11.4 Å². The fourth-order valence-corrected chi connectivity index (χ4v) is 5.03. The van der Waals surface area contributed by atoms with Crippen LogP contribution in [0.15, 0.2) is 52.3 Å². The number of carbonyl (C=O) groups is 1. The second-order valence-electron chi connectivity index (χ2n) is 7.13. The molecule has 1 aliphatic rings. The van der Waals surface area contributed by atoms with Crippen molar-refractivity contribution in [1.82, 2.24) is 4.90 Å². The summed E-state index contributed by atoms with van der Waals surface area (Å²) in [5.41, 5.74) is 5.03. The number of nitrogens with two attached hydrogens (primary N) is 1. The van der Waals surface area contributed by atoms with Crippen LogP contribution in [0.3, 0.4) is 0 Å². The minimum atomic E-state index is -4.16. The lowest BCUT2D eigenvalue weighted by Crippen LogP contribution is -2.22. The van der Waals surface area contributed by atoms with Crippen LogP contribution in [0.25, 0.3) is 0 Å². The number of primary amides is 1. The van der Waals surface area contributed by atoms with Crippen LogP contribution in [0.2, 0.25) is 0 Å². The number of anilines is 1. The summed E-state index contributed by atoms with van der Waals surface area (Å²) in [6.07, 6.45) is 3.23. The molecular formula is C20H24N4O5S. The Balaban J connectivity index is 1.82. The van der Waals surface area contributed by atoms with Gasteiger partial charge < -0.3 is 16.0 Å². The number of nitrogens with one attached hydrogen (secondary N) is 1. The highest BCUT2D eigenvalue weighted by molar-refractivity contribution is 7.91. The van der Waals surface area contributed by atoms with Crippen LogP contribution >= 0.6 is 0 Å². The Kier molecular flexibility index (Phi) is 6.68. The van der Waals surface area contributed by atoms with Crippen LogP contribution in [0.1, 0.15) is 29.6 Å². The number of likely N-dealkylation sites (tertiary alicyclic amines) is 1. The molecule has 2 aromatic carbocycles. The average molecular weight is 433 g/mol. The lowest BCUT2D eigenvalue weighted by molar-refractivity contribution is -0.384. The van der Waals surface area contributed by atoms with Gasteiger partial charge in [-0.3, -0.25) is 14.9 Å². The second kappa shape index (κ2) is 9.23. The maximum Gasteiger partial charge on any atom is 0.293 e. The summed E-state index contributed by atoms with van der Waals surface area (Å²) in [4.78, 5) is 24.3. The van der Waals surface area contributed by atoms with Gasteiger partial charge in [0.1, 0.15) is 5.69 Å². The minimum absolute atomic E-state index is 0.163. The van der Waals surface area contributed by atoms with Crippen LogP contribution in [-0.2, 0) is 9.84 Å². The number of hydrogen-bond acceptors (Lipinski definition) is 7. The SMILES string of the molecule is NC(=O)c1ccccc1S(=O)(=O)c1ccc(NCCCN2CCCC2)c([N+](=O)[O-])c1. The molecule has 10 heteroatoms. The molecule has 0 radical (unpaired) electrons. The number of nitro benzene ring substituents is 1. The van der Waals surface area contributed by atoms with Gasteiger partial charge >= 0.3 is 0 Å². The third-order valence-corrected chi connectivity index (χ3v) is 6.89. The van der Waals surface area contributed by atoms with E-state index < -0.39 is 20.7 Å². The highest BCUT2D eigenvalue weighted by Crippen LogP contribution is 2.31. The first-order valence-corrected chi connectivity index (χ1v) is 11.2. The first kappa shape index (κ1) is 21.7.